The molecule has 0 spiro atoms. The van der Waals surface area contributed by atoms with Gasteiger partial charge in [-0.25, -0.2) is 0 Å². The fourth-order valence-corrected chi connectivity index (χ4v) is 3.31. The third-order valence-electron chi connectivity index (χ3n) is 4.66. The van der Waals surface area contributed by atoms with Gasteiger partial charge in [0.15, 0.2) is 0 Å². The fraction of sp³-hybridized carbons (Fsp3) is 0.867. The summed E-state index contributed by atoms with van der Waals surface area (Å²) in [7, 11) is 1.64. The van der Waals surface area contributed by atoms with E-state index in [1.54, 1.807) is 7.05 Å². The van der Waals surface area contributed by atoms with Gasteiger partial charge in [0.1, 0.15) is 6.04 Å². The number of nitrogens with zero attached hydrogens (tertiary/aromatic N) is 1. The highest BCUT2D eigenvalue weighted by Gasteiger charge is 2.34. The Balaban J connectivity index is 1.93. The molecule has 0 aromatic heterocycles. The van der Waals surface area contributed by atoms with Crippen LogP contribution in [-0.2, 0) is 9.59 Å². The first-order valence-electron chi connectivity index (χ1n) is 8.12. The van der Waals surface area contributed by atoms with Crippen LogP contribution in [0.15, 0.2) is 0 Å². The van der Waals surface area contributed by atoms with Crippen molar-refractivity contribution in [1.29, 1.82) is 0 Å². The molecule has 6 nitrogen and oxygen atoms in total. The van der Waals surface area contributed by atoms with E-state index in [2.05, 4.69) is 16.0 Å². The number of amides is 2. The largest absolute Gasteiger partial charge is 0.358 e. The molecule has 3 N–H and O–H groups in total. The molecule has 0 bridgehead atoms. The average molecular weight is 296 g/mol. The second-order valence-electron chi connectivity index (χ2n) is 6.09. The van der Waals surface area contributed by atoms with Crippen molar-refractivity contribution in [2.75, 3.05) is 26.7 Å². The van der Waals surface area contributed by atoms with E-state index in [9.17, 15) is 9.59 Å². The molecule has 2 unspecified atom stereocenters. The molecule has 0 aromatic rings. The van der Waals surface area contributed by atoms with Crippen molar-refractivity contribution in [1.82, 2.24) is 20.9 Å². The Labute approximate surface area is 127 Å². The number of carbonyl (C=O) groups excluding carboxylic acids is 2. The summed E-state index contributed by atoms with van der Waals surface area (Å²) in [6.45, 7) is 4.03. The summed E-state index contributed by atoms with van der Waals surface area (Å²) in [6.07, 6.45) is 5.85. The molecule has 120 valence electrons. The van der Waals surface area contributed by atoms with Crippen LogP contribution in [0.4, 0.5) is 0 Å². The van der Waals surface area contributed by atoms with Crippen molar-refractivity contribution in [3.8, 4) is 0 Å². The molecule has 0 aromatic carbocycles. The molecule has 1 aliphatic heterocycles. The molecule has 2 rings (SSSR count). The Hall–Kier alpha value is -1.14. The zero-order chi connectivity index (χ0) is 15.2. The standard InChI is InChI=1S/C15H28N4O2/c1-11(14(20)18-12-6-4-3-5-7-12)19-9-8-17-10-13(19)15(21)16-2/h11-13,17H,3-10H2,1-2H3,(H,16,21)(H,18,20). The third kappa shape index (κ3) is 4.17. The molecule has 1 aliphatic carbocycles. The SMILES string of the molecule is CNC(=O)C1CNCCN1C(C)C(=O)NC1CCCCC1. The molecule has 2 atom stereocenters. The van der Waals surface area contributed by atoms with Crippen molar-refractivity contribution in [2.45, 2.75) is 57.2 Å². The Morgan fingerprint density at radius 2 is 1.95 bits per heavy atom. The van der Waals surface area contributed by atoms with Gasteiger partial charge < -0.3 is 16.0 Å². The fourth-order valence-electron chi connectivity index (χ4n) is 3.31. The molecule has 21 heavy (non-hydrogen) atoms. The minimum atomic E-state index is -0.268. The quantitative estimate of drug-likeness (QED) is 0.674. The lowest BCUT2D eigenvalue weighted by molar-refractivity contribution is -0.133. The van der Waals surface area contributed by atoms with Gasteiger partial charge in [-0.05, 0) is 19.8 Å². The smallest absolute Gasteiger partial charge is 0.238 e. The summed E-state index contributed by atoms with van der Waals surface area (Å²) < 4.78 is 0. The lowest BCUT2D eigenvalue weighted by Crippen LogP contribution is -2.62. The highest BCUT2D eigenvalue weighted by Crippen LogP contribution is 2.18. The van der Waals surface area contributed by atoms with Gasteiger partial charge in [0, 0.05) is 32.7 Å². The van der Waals surface area contributed by atoms with Crippen molar-refractivity contribution in [3.63, 3.8) is 0 Å². The number of hydrogen-bond donors (Lipinski definition) is 3. The molecular formula is C15H28N4O2. The normalized spacial score (nSPS) is 26.1. The van der Waals surface area contributed by atoms with Crippen molar-refractivity contribution in [2.24, 2.45) is 0 Å². The summed E-state index contributed by atoms with van der Waals surface area (Å²) in [5.41, 5.74) is 0. The van der Waals surface area contributed by atoms with Gasteiger partial charge in [0.2, 0.25) is 11.8 Å². The van der Waals surface area contributed by atoms with E-state index in [1.807, 2.05) is 11.8 Å². The van der Waals surface area contributed by atoms with E-state index in [-0.39, 0.29) is 23.9 Å². The van der Waals surface area contributed by atoms with Gasteiger partial charge >= 0.3 is 0 Å². The van der Waals surface area contributed by atoms with E-state index >= 15 is 0 Å². The maximum atomic E-state index is 12.5. The summed E-state index contributed by atoms with van der Waals surface area (Å²) in [5, 5.41) is 9.07. The van der Waals surface area contributed by atoms with Crippen LogP contribution in [0.5, 0.6) is 0 Å². The van der Waals surface area contributed by atoms with E-state index in [4.69, 9.17) is 0 Å². The van der Waals surface area contributed by atoms with Crippen LogP contribution < -0.4 is 16.0 Å². The highest BCUT2D eigenvalue weighted by molar-refractivity contribution is 5.85. The predicted molar refractivity (Wildman–Crippen MR) is 81.9 cm³/mol. The molecule has 1 saturated carbocycles. The van der Waals surface area contributed by atoms with Crippen LogP contribution >= 0.6 is 0 Å². The predicted octanol–water partition coefficient (Wildman–Crippen LogP) is -0.156. The number of nitrogens with one attached hydrogen (secondary N) is 3. The van der Waals surface area contributed by atoms with Gasteiger partial charge in [0.05, 0.1) is 6.04 Å². The monoisotopic (exact) mass is 296 g/mol. The Bertz CT molecular complexity index is 369. The molecule has 2 aliphatic rings. The van der Waals surface area contributed by atoms with Crippen LogP contribution in [0.2, 0.25) is 0 Å². The first-order valence-corrected chi connectivity index (χ1v) is 8.12. The third-order valence-corrected chi connectivity index (χ3v) is 4.66. The molecule has 6 heteroatoms. The number of piperazine rings is 1. The topological polar surface area (TPSA) is 73.5 Å². The van der Waals surface area contributed by atoms with Gasteiger partial charge in [-0.2, -0.15) is 0 Å². The van der Waals surface area contributed by atoms with E-state index < -0.39 is 0 Å². The van der Waals surface area contributed by atoms with Crippen molar-refractivity contribution >= 4 is 11.8 Å². The number of carbonyl (C=O) groups is 2. The summed E-state index contributed by atoms with van der Waals surface area (Å²) in [4.78, 5) is 26.4. The molecule has 2 fully saturated rings. The Morgan fingerprint density at radius 3 is 2.62 bits per heavy atom. The second kappa shape index (κ2) is 7.75. The Morgan fingerprint density at radius 1 is 1.24 bits per heavy atom. The summed E-state index contributed by atoms with van der Waals surface area (Å²) >= 11 is 0. The first kappa shape index (κ1) is 16.2. The van der Waals surface area contributed by atoms with Gasteiger partial charge in [0.25, 0.3) is 0 Å². The van der Waals surface area contributed by atoms with Gasteiger partial charge in [-0.3, -0.25) is 14.5 Å². The molecule has 1 heterocycles. The van der Waals surface area contributed by atoms with Crippen LogP contribution in [0.3, 0.4) is 0 Å². The lowest BCUT2D eigenvalue weighted by Gasteiger charge is -2.38. The van der Waals surface area contributed by atoms with Gasteiger partial charge in [-0.1, -0.05) is 19.3 Å². The first-order chi connectivity index (χ1) is 10.1. The minimum absolute atomic E-state index is 0.0282. The zero-order valence-corrected chi connectivity index (χ0v) is 13.2. The van der Waals surface area contributed by atoms with Gasteiger partial charge in [-0.15, -0.1) is 0 Å². The maximum absolute atomic E-state index is 12.5. The van der Waals surface area contributed by atoms with Crippen LogP contribution in [0.1, 0.15) is 39.0 Å². The van der Waals surface area contributed by atoms with Crippen molar-refractivity contribution < 1.29 is 9.59 Å². The lowest BCUT2D eigenvalue weighted by atomic mass is 9.95. The molecule has 0 radical (unpaired) electrons. The summed E-state index contributed by atoms with van der Waals surface area (Å²) in [5.74, 6) is 0.0252. The van der Waals surface area contributed by atoms with E-state index in [1.165, 1.54) is 19.3 Å². The van der Waals surface area contributed by atoms with Crippen LogP contribution in [0, 0.1) is 0 Å². The maximum Gasteiger partial charge on any atom is 0.238 e. The van der Waals surface area contributed by atoms with Crippen LogP contribution in [-0.4, -0.2) is 61.5 Å². The zero-order valence-electron chi connectivity index (χ0n) is 13.2. The average Bonchev–Trinajstić information content (AvgIpc) is 2.54. The summed E-state index contributed by atoms with van der Waals surface area (Å²) in [6, 6.07) is -0.220. The number of rotatable bonds is 4. The number of likely N-dealkylation sites (N-methyl/N-ethyl adjacent to an activating group) is 1. The highest BCUT2D eigenvalue weighted by atomic mass is 16.2. The minimum Gasteiger partial charge on any atom is -0.358 e. The van der Waals surface area contributed by atoms with Crippen molar-refractivity contribution in [3.05, 3.63) is 0 Å². The van der Waals surface area contributed by atoms with E-state index in [0.717, 1.165) is 25.9 Å². The number of hydrogen-bond acceptors (Lipinski definition) is 4. The molecular weight excluding hydrogens is 268 g/mol. The van der Waals surface area contributed by atoms with Crippen LogP contribution in [0.25, 0.3) is 0 Å². The second-order valence-corrected chi connectivity index (χ2v) is 6.09. The van der Waals surface area contributed by atoms with E-state index in [0.29, 0.717) is 12.6 Å². The Kier molecular flexibility index (Phi) is 5.99. The molecule has 1 saturated heterocycles. The molecule has 2 amide bonds.